The summed E-state index contributed by atoms with van der Waals surface area (Å²) >= 11 is 1.93. The molecular formula is C14H16N2S. The van der Waals surface area contributed by atoms with E-state index in [9.17, 15) is 0 Å². The molecule has 1 aromatic carbocycles. The van der Waals surface area contributed by atoms with Crippen molar-refractivity contribution >= 4 is 11.8 Å². The summed E-state index contributed by atoms with van der Waals surface area (Å²) in [7, 11) is 0. The van der Waals surface area contributed by atoms with Gasteiger partial charge in [0.05, 0.1) is 6.04 Å². The zero-order valence-electron chi connectivity index (χ0n) is 10.1. The highest BCUT2D eigenvalue weighted by Gasteiger charge is 2.23. The predicted octanol–water partition coefficient (Wildman–Crippen LogP) is 3.50. The number of aromatic nitrogens is 1. The molecule has 1 unspecified atom stereocenters. The van der Waals surface area contributed by atoms with Gasteiger partial charge in [0.1, 0.15) is 0 Å². The van der Waals surface area contributed by atoms with Crippen molar-refractivity contribution in [3.63, 3.8) is 0 Å². The third kappa shape index (κ3) is 1.84. The van der Waals surface area contributed by atoms with Crippen molar-refractivity contribution in [1.29, 1.82) is 0 Å². The molecule has 1 aliphatic rings. The van der Waals surface area contributed by atoms with Gasteiger partial charge in [-0.15, -0.1) is 11.8 Å². The number of thioether (sulfide) groups is 1. The number of hydrogen-bond donors (Lipinski definition) is 1. The van der Waals surface area contributed by atoms with Crippen LogP contribution >= 0.6 is 11.8 Å². The van der Waals surface area contributed by atoms with Crippen LogP contribution in [0, 0.1) is 13.8 Å². The Labute approximate surface area is 106 Å². The molecule has 0 radical (unpaired) electrons. The van der Waals surface area contributed by atoms with Crippen molar-refractivity contribution < 1.29 is 0 Å². The van der Waals surface area contributed by atoms with E-state index in [4.69, 9.17) is 0 Å². The number of hydrogen-bond acceptors (Lipinski definition) is 2. The van der Waals surface area contributed by atoms with Crippen LogP contribution in [0.3, 0.4) is 0 Å². The maximum Gasteiger partial charge on any atom is 0.0778 e. The number of nitrogens with zero attached hydrogens (tertiary/aromatic N) is 1. The molecule has 0 spiro atoms. The van der Waals surface area contributed by atoms with Crippen LogP contribution in [0.4, 0.5) is 0 Å². The highest BCUT2D eigenvalue weighted by Crippen LogP contribution is 2.38. The quantitative estimate of drug-likeness (QED) is 0.871. The first-order chi connectivity index (χ1) is 8.25. The topological polar surface area (TPSA) is 17.0 Å². The van der Waals surface area contributed by atoms with Gasteiger partial charge < -0.3 is 5.43 Å². The molecule has 88 valence electrons. The normalized spacial score (nSPS) is 18.1. The summed E-state index contributed by atoms with van der Waals surface area (Å²) in [6.45, 7) is 4.27. The highest BCUT2D eigenvalue weighted by molar-refractivity contribution is 7.99. The second kappa shape index (κ2) is 4.15. The number of rotatable bonds is 2. The van der Waals surface area contributed by atoms with Crippen molar-refractivity contribution in [3.05, 3.63) is 53.3 Å². The van der Waals surface area contributed by atoms with Crippen LogP contribution in [0.25, 0.3) is 0 Å². The first-order valence-electron chi connectivity index (χ1n) is 5.89. The molecule has 0 aliphatic carbocycles. The van der Waals surface area contributed by atoms with Gasteiger partial charge in [0.2, 0.25) is 0 Å². The average Bonchev–Trinajstić information content (AvgIpc) is 2.88. The van der Waals surface area contributed by atoms with E-state index in [-0.39, 0.29) is 0 Å². The molecule has 17 heavy (non-hydrogen) atoms. The van der Waals surface area contributed by atoms with Gasteiger partial charge in [-0.1, -0.05) is 18.2 Å². The van der Waals surface area contributed by atoms with Crippen molar-refractivity contribution in [2.75, 3.05) is 11.2 Å². The van der Waals surface area contributed by atoms with Crippen LogP contribution in [0.15, 0.2) is 41.3 Å². The molecule has 1 aromatic heterocycles. The first kappa shape index (κ1) is 10.8. The van der Waals surface area contributed by atoms with Crippen LogP contribution in [0.5, 0.6) is 0 Å². The van der Waals surface area contributed by atoms with Crippen LogP contribution in [0.1, 0.15) is 23.0 Å². The van der Waals surface area contributed by atoms with Crippen LogP contribution in [-0.2, 0) is 0 Å². The lowest BCUT2D eigenvalue weighted by Crippen LogP contribution is -2.22. The molecule has 0 fully saturated rings. The summed E-state index contributed by atoms with van der Waals surface area (Å²) in [5.41, 5.74) is 7.55. The average molecular weight is 244 g/mol. The zero-order chi connectivity index (χ0) is 11.8. The van der Waals surface area contributed by atoms with E-state index in [0.29, 0.717) is 6.04 Å². The fourth-order valence-corrected chi connectivity index (χ4v) is 3.45. The largest absolute Gasteiger partial charge is 0.318 e. The summed E-state index contributed by atoms with van der Waals surface area (Å²) < 4.78 is 2.19. The van der Waals surface area contributed by atoms with E-state index in [1.165, 1.54) is 21.8 Å². The minimum absolute atomic E-state index is 0.418. The zero-order valence-corrected chi connectivity index (χ0v) is 10.9. The van der Waals surface area contributed by atoms with Gasteiger partial charge in [0.25, 0.3) is 0 Å². The predicted molar refractivity (Wildman–Crippen MR) is 73.2 cm³/mol. The maximum absolute atomic E-state index is 3.61. The number of aryl methyl sites for hydroxylation is 2. The summed E-state index contributed by atoms with van der Waals surface area (Å²) in [6.07, 6.45) is 0. The standard InChI is InChI=1S/C14H16N2S/c1-10-7-8-11(2)16(10)15-13-9-17-14-6-4-3-5-12(13)14/h3-8,13,15H,9H2,1-2H3. The monoisotopic (exact) mass is 244 g/mol. The van der Waals surface area contributed by atoms with E-state index >= 15 is 0 Å². The minimum atomic E-state index is 0.418. The second-order valence-corrected chi connectivity index (χ2v) is 5.54. The SMILES string of the molecule is Cc1ccc(C)n1NC1CSc2ccccc21. The molecule has 1 N–H and O–H groups in total. The number of nitrogens with one attached hydrogen (secondary N) is 1. The Kier molecular flexibility index (Phi) is 2.63. The van der Waals surface area contributed by atoms with E-state index in [2.05, 4.69) is 60.3 Å². The van der Waals surface area contributed by atoms with E-state index in [1.807, 2.05) is 11.8 Å². The summed E-state index contributed by atoms with van der Waals surface area (Å²) in [5.74, 6) is 1.11. The van der Waals surface area contributed by atoms with E-state index < -0.39 is 0 Å². The van der Waals surface area contributed by atoms with E-state index in [0.717, 1.165) is 5.75 Å². The summed E-state index contributed by atoms with van der Waals surface area (Å²) in [4.78, 5) is 1.41. The van der Waals surface area contributed by atoms with Crippen LogP contribution < -0.4 is 5.43 Å². The molecule has 0 amide bonds. The first-order valence-corrected chi connectivity index (χ1v) is 6.87. The van der Waals surface area contributed by atoms with Gasteiger partial charge in [-0.2, -0.15) is 0 Å². The molecule has 1 atom stereocenters. The van der Waals surface area contributed by atoms with Crippen molar-refractivity contribution in [2.24, 2.45) is 0 Å². The Morgan fingerprint density at radius 3 is 2.59 bits per heavy atom. The van der Waals surface area contributed by atoms with Crippen LogP contribution in [-0.4, -0.2) is 10.4 Å². The second-order valence-electron chi connectivity index (χ2n) is 4.48. The van der Waals surface area contributed by atoms with Crippen molar-refractivity contribution in [1.82, 2.24) is 4.68 Å². The third-order valence-electron chi connectivity index (χ3n) is 3.26. The van der Waals surface area contributed by atoms with Crippen molar-refractivity contribution in [3.8, 4) is 0 Å². The van der Waals surface area contributed by atoms with Gasteiger partial charge in [-0.3, -0.25) is 4.68 Å². The van der Waals surface area contributed by atoms with Gasteiger partial charge in [0.15, 0.2) is 0 Å². The molecule has 0 bridgehead atoms. The van der Waals surface area contributed by atoms with Crippen molar-refractivity contribution in [2.45, 2.75) is 24.8 Å². The molecular weight excluding hydrogens is 228 g/mol. The molecule has 3 heteroatoms. The Morgan fingerprint density at radius 2 is 1.82 bits per heavy atom. The van der Waals surface area contributed by atoms with Gasteiger partial charge in [-0.05, 0) is 37.6 Å². The Hall–Kier alpha value is -1.35. The molecule has 3 rings (SSSR count). The molecule has 2 heterocycles. The summed E-state index contributed by atoms with van der Waals surface area (Å²) in [6, 6.07) is 13.4. The lowest BCUT2D eigenvalue weighted by molar-refractivity contribution is 0.707. The summed E-state index contributed by atoms with van der Waals surface area (Å²) in [5, 5.41) is 0. The smallest absolute Gasteiger partial charge is 0.0778 e. The highest BCUT2D eigenvalue weighted by atomic mass is 32.2. The Balaban J connectivity index is 1.89. The molecule has 2 nitrogen and oxygen atoms in total. The third-order valence-corrected chi connectivity index (χ3v) is 4.44. The Bertz CT molecular complexity index is 525. The minimum Gasteiger partial charge on any atom is -0.318 e. The fraction of sp³-hybridized carbons (Fsp3) is 0.286. The lowest BCUT2D eigenvalue weighted by Gasteiger charge is -2.19. The Morgan fingerprint density at radius 1 is 1.12 bits per heavy atom. The molecule has 2 aromatic rings. The van der Waals surface area contributed by atoms with E-state index in [1.54, 1.807) is 0 Å². The van der Waals surface area contributed by atoms with Gasteiger partial charge in [0, 0.05) is 22.0 Å². The van der Waals surface area contributed by atoms with Gasteiger partial charge >= 0.3 is 0 Å². The number of fused-ring (bicyclic) bond motifs is 1. The van der Waals surface area contributed by atoms with Crippen LogP contribution in [0.2, 0.25) is 0 Å². The number of benzene rings is 1. The van der Waals surface area contributed by atoms with Gasteiger partial charge in [-0.25, -0.2) is 0 Å². The fourth-order valence-electron chi connectivity index (χ4n) is 2.30. The molecule has 0 saturated heterocycles. The molecule has 1 aliphatic heterocycles. The molecule has 0 saturated carbocycles. The lowest BCUT2D eigenvalue weighted by atomic mass is 10.1. The maximum atomic E-state index is 3.61.